The lowest BCUT2D eigenvalue weighted by Crippen LogP contribution is -2.73. The number of amides is 1. The van der Waals surface area contributed by atoms with Crippen molar-refractivity contribution in [2.75, 3.05) is 31.4 Å². The summed E-state index contributed by atoms with van der Waals surface area (Å²) >= 11 is 1.79. The zero-order valence-electron chi connectivity index (χ0n) is 18.8. The van der Waals surface area contributed by atoms with E-state index in [1.54, 1.807) is 27.5 Å². The van der Waals surface area contributed by atoms with E-state index >= 15 is 0 Å². The number of morpholine rings is 1. The van der Waals surface area contributed by atoms with E-state index in [2.05, 4.69) is 29.3 Å². The van der Waals surface area contributed by atoms with Gasteiger partial charge in [0.1, 0.15) is 11.8 Å². The second kappa shape index (κ2) is 7.61. The summed E-state index contributed by atoms with van der Waals surface area (Å²) in [6.45, 7) is 1.46. The van der Waals surface area contributed by atoms with E-state index in [0.717, 1.165) is 21.8 Å². The largest absolute Gasteiger partial charge is 0.502 e. The van der Waals surface area contributed by atoms with Crippen molar-refractivity contribution in [1.82, 2.24) is 9.58 Å². The third-order valence-electron chi connectivity index (χ3n) is 7.37. The van der Waals surface area contributed by atoms with Gasteiger partial charge in [0.25, 0.3) is 5.91 Å². The standard InChI is InChI=1S/C26H23N3O5S/c30-19-9-10-28-23(24(19)31)25(32)27-13-26(14-33-15-26)34-11-21(27)29(28)22-17-6-2-1-5-16(17)12-35-20-8-4-3-7-18(20)22/h1-10,21-22,31H,11-15H2/t21-,22+/m1/s1. The first-order chi connectivity index (χ1) is 17.1. The highest BCUT2D eigenvalue weighted by Crippen LogP contribution is 2.45. The number of rotatable bonds is 1. The van der Waals surface area contributed by atoms with Crippen molar-refractivity contribution in [2.45, 2.75) is 28.5 Å². The van der Waals surface area contributed by atoms with E-state index < -0.39 is 22.9 Å². The zero-order chi connectivity index (χ0) is 23.7. The quantitative estimate of drug-likeness (QED) is 0.562. The number of benzene rings is 2. The molecule has 2 aromatic carbocycles. The summed E-state index contributed by atoms with van der Waals surface area (Å²) in [5.74, 6) is -0.0825. The summed E-state index contributed by atoms with van der Waals surface area (Å²) in [7, 11) is 0. The summed E-state index contributed by atoms with van der Waals surface area (Å²) in [6, 6.07) is 17.7. The minimum atomic E-state index is -0.574. The molecule has 7 rings (SSSR count). The highest BCUT2D eigenvalue weighted by Gasteiger charge is 2.53. The first-order valence-electron chi connectivity index (χ1n) is 11.6. The molecule has 3 aromatic rings. The average molecular weight is 490 g/mol. The fourth-order valence-electron chi connectivity index (χ4n) is 5.60. The maximum Gasteiger partial charge on any atom is 0.278 e. The van der Waals surface area contributed by atoms with Crippen LogP contribution in [0.3, 0.4) is 0 Å². The Morgan fingerprint density at radius 3 is 2.57 bits per heavy atom. The van der Waals surface area contributed by atoms with Crippen LogP contribution in [0.4, 0.5) is 0 Å². The molecule has 5 heterocycles. The van der Waals surface area contributed by atoms with Crippen LogP contribution < -0.4 is 10.4 Å². The SMILES string of the molecule is O=C1c2c(O)c(=O)ccn2N([C@H]2c3ccccc3CSc3ccccc32)[C@@H]2COC3(COC3)CN12. The lowest BCUT2D eigenvalue weighted by Gasteiger charge is -2.57. The summed E-state index contributed by atoms with van der Waals surface area (Å²) in [6.07, 6.45) is 1.16. The second-order valence-corrected chi connectivity index (χ2v) is 10.4. The monoisotopic (exact) mass is 489 g/mol. The van der Waals surface area contributed by atoms with Gasteiger partial charge in [0.2, 0.25) is 5.43 Å². The maximum atomic E-state index is 13.7. The van der Waals surface area contributed by atoms with E-state index in [1.165, 1.54) is 11.6 Å². The highest BCUT2D eigenvalue weighted by atomic mass is 32.2. The molecule has 0 radical (unpaired) electrons. The molecular formula is C26H23N3O5S. The number of carbonyl (C=O) groups excluding carboxylic acids is 1. The number of thioether (sulfide) groups is 1. The van der Waals surface area contributed by atoms with Crippen LogP contribution in [0.1, 0.15) is 33.2 Å². The van der Waals surface area contributed by atoms with Gasteiger partial charge in [-0.15, -0.1) is 11.8 Å². The lowest BCUT2D eigenvalue weighted by molar-refractivity contribution is -0.245. The zero-order valence-corrected chi connectivity index (χ0v) is 19.6. The molecule has 8 nitrogen and oxygen atoms in total. The number of aromatic hydroxyl groups is 1. The van der Waals surface area contributed by atoms with Crippen molar-refractivity contribution >= 4 is 17.7 Å². The van der Waals surface area contributed by atoms with Crippen LogP contribution in [0, 0.1) is 0 Å². The van der Waals surface area contributed by atoms with E-state index in [4.69, 9.17) is 9.47 Å². The van der Waals surface area contributed by atoms with Crippen LogP contribution in [-0.4, -0.2) is 58.7 Å². The van der Waals surface area contributed by atoms with Gasteiger partial charge in [-0.25, -0.2) is 0 Å². The molecule has 0 bridgehead atoms. The van der Waals surface area contributed by atoms with E-state index in [1.807, 2.05) is 24.3 Å². The molecule has 0 saturated carbocycles. The Kier molecular flexibility index (Phi) is 4.58. The molecule has 0 unspecified atom stereocenters. The summed E-state index contributed by atoms with van der Waals surface area (Å²) < 4.78 is 13.4. The van der Waals surface area contributed by atoms with Gasteiger partial charge < -0.3 is 19.5 Å². The van der Waals surface area contributed by atoms with Crippen molar-refractivity contribution in [1.29, 1.82) is 0 Å². The van der Waals surface area contributed by atoms with E-state index in [-0.39, 0.29) is 24.2 Å². The Bertz CT molecular complexity index is 1370. The van der Waals surface area contributed by atoms with Crippen molar-refractivity contribution < 1.29 is 19.4 Å². The lowest BCUT2D eigenvalue weighted by atomic mass is 9.92. The van der Waals surface area contributed by atoms with Crippen molar-refractivity contribution in [3.8, 4) is 5.75 Å². The number of hydrogen-bond donors (Lipinski definition) is 1. The van der Waals surface area contributed by atoms with Crippen LogP contribution in [-0.2, 0) is 15.2 Å². The molecule has 1 N–H and O–H groups in total. The van der Waals surface area contributed by atoms with Crippen LogP contribution >= 0.6 is 11.8 Å². The Morgan fingerprint density at radius 1 is 1.00 bits per heavy atom. The molecule has 2 fully saturated rings. The minimum Gasteiger partial charge on any atom is -0.502 e. The fourth-order valence-corrected chi connectivity index (χ4v) is 6.69. The third-order valence-corrected chi connectivity index (χ3v) is 8.51. The van der Waals surface area contributed by atoms with Gasteiger partial charge in [0, 0.05) is 22.9 Å². The third kappa shape index (κ3) is 3.01. The van der Waals surface area contributed by atoms with Crippen LogP contribution in [0.2, 0.25) is 0 Å². The smallest absolute Gasteiger partial charge is 0.278 e. The first-order valence-corrected chi connectivity index (χ1v) is 12.6. The number of pyridine rings is 1. The van der Waals surface area contributed by atoms with Crippen molar-refractivity contribution in [2.24, 2.45) is 0 Å². The molecule has 1 amide bonds. The molecule has 178 valence electrons. The van der Waals surface area contributed by atoms with E-state index in [0.29, 0.717) is 19.8 Å². The predicted octanol–water partition coefficient (Wildman–Crippen LogP) is 2.47. The predicted molar refractivity (Wildman–Crippen MR) is 129 cm³/mol. The summed E-state index contributed by atoms with van der Waals surface area (Å²) in [5, 5.41) is 12.9. The molecular weight excluding hydrogens is 466 g/mol. The molecule has 2 saturated heterocycles. The van der Waals surface area contributed by atoms with Gasteiger partial charge in [0.15, 0.2) is 11.4 Å². The Balaban J connectivity index is 1.48. The average Bonchev–Trinajstić information content (AvgIpc) is 3.02. The Labute approximate surface area is 205 Å². The Hall–Kier alpha value is -3.27. The number of ether oxygens (including phenoxy) is 2. The van der Waals surface area contributed by atoms with Crippen LogP contribution in [0.25, 0.3) is 0 Å². The summed E-state index contributed by atoms with van der Waals surface area (Å²) in [5.41, 5.74) is 2.30. The second-order valence-electron chi connectivity index (χ2n) is 9.43. The number of carbonyl (C=O) groups is 1. The van der Waals surface area contributed by atoms with Crippen molar-refractivity contribution in [3.63, 3.8) is 0 Å². The molecule has 2 atom stereocenters. The van der Waals surface area contributed by atoms with Gasteiger partial charge in [-0.05, 0) is 22.8 Å². The normalized spacial score (nSPS) is 24.1. The van der Waals surface area contributed by atoms with Gasteiger partial charge in [-0.2, -0.15) is 0 Å². The number of nitrogens with zero attached hydrogens (tertiary/aromatic N) is 3. The molecule has 1 aromatic heterocycles. The molecule has 35 heavy (non-hydrogen) atoms. The molecule has 9 heteroatoms. The minimum absolute atomic E-state index is 0.0158. The highest BCUT2D eigenvalue weighted by molar-refractivity contribution is 7.98. The maximum absolute atomic E-state index is 13.7. The van der Waals surface area contributed by atoms with Crippen LogP contribution in [0.15, 0.2) is 70.5 Å². The van der Waals surface area contributed by atoms with Gasteiger partial charge in [0.05, 0.1) is 32.4 Å². The molecule has 4 aliphatic rings. The molecule has 0 aliphatic carbocycles. The number of aromatic nitrogens is 1. The van der Waals surface area contributed by atoms with Gasteiger partial charge in [-0.1, -0.05) is 42.5 Å². The molecule has 1 spiro atoms. The van der Waals surface area contributed by atoms with Gasteiger partial charge in [-0.3, -0.25) is 19.3 Å². The fraction of sp³-hybridized carbons (Fsp3) is 0.308. The molecule has 4 aliphatic heterocycles. The topological polar surface area (TPSA) is 84.2 Å². The van der Waals surface area contributed by atoms with Crippen molar-refractivity contribution in [3.05, 3.63) is 93.4 Å². The first kappa shape index (κ1) is 21.0. The van der Waals surface area contributed by atoms with Gasteiger partial charge >= 0.3 is 0 Å². The Morgan fingerprint density at radius 2 is 1.77 bits per heavy atom. The van der Waals surface area contributed by atoms with Crippen LogP contribution in [0.5, 0.6) is 5.75 Å². The van der Waals surface area contributed by atoms with E-state index in [9.17, 15) is 14.7 Å². The number of fused-ring (bicyclic) bond motifs is 4. The number of hydrogen-bond acceptors (Lipinski definition) is 7. The summed E-state index contributed by atoms with van der Waals surface area (Å²) in [4.78, 5) is 29.0.